The first-order chi connectivity index (χ1) is 15.7. The van der Waals surface area contributed by atoms with E-state index in [4.69, 9.17) is 9.47 Å². The molecule has 0 radical (unpaired) electrons. The Morgan fingerprint density at radius 1 is 1.09 bits per heavy atom. The Morgan fingerprint density at radius 3 is 2.75 bits per heavy atom. The van der Waals surface area contributed by atoms with Crippen LogP contribution in [0.4, 0.5) is 17.5 Å². The van der Waals surface area contributed by atoms with Gasteiger partial charge < -0.3 is 25.0 Å². The van der Waals surface area contributed by atoms with E-state index in [1.807, 2.05) is 43.6 Å². The van der Waals surface area contributed by atoms with Crippen LogP contribution in [0.3, 0.4) is 0 Å². The van der Waals surface area contributed by atoms with Crippen LogP contribution in [0.2, 0.25) is 0 Å². The quantitative estimate of drug-likeness (QED) is 0.441. The Hall–Kier alpha value is -3.33. The highest BCUT2D eigenvalue weighted by atomic mass is 16.5. The largest absolute Gasteiger partial charge is 0.493 e. The van der Waals surface area contributed by atoms with E-state index in [0.717, 1.165) is 30.2 Å². The van der Waals surface area contributed by atoms with Crippen molar-refractivity contribution >= 4 is 17.5 Å². The summed E-state index contributed by atoms with van der Waals surface area (Å²) in [5.74, 6) is 2.65. The molecule has 3 heterocycles. The number of anilines is 3. The number of rotatable bonds is 11. The van der Waals surface area contributed by atoms with Crippen LogP contribution < -0.4 is 20.1 Å². The average molecular weight is 438 g/mol. The molecule has 170 valence electrons. The molecule has 0 aliphatic carbocycles. The number of likely N-dealkylation sites (tertiary alicyclic amines) is 1. The molecule has 1 aliphatic rings. The summed E-state index contributed by atoms with van der Waals surface area (Å²) in [6, 6.07) is 9.54. The van der Waals surface area contributed by atoms with Crippen LogP contribution in [0.25, 0.3) is 0 Å². The van der Waals surface area contributed by atoms with E-state index in [2.05, 4.69) is 30.6 Å². The van der Waals surface area contributed by atoms with Gasteiger partial charge >= 0.3 is 0 Å². The molecule has 1 aromatic carbocycles. The van der Waals surface area contributed by atoms with Crippen molar-refractivity contribution in [2.24, 2.45) is 7.05 Å². The van der Waals surface area contributed by atoms with Gasteiger partial charge in [0.25, 0.3) is 0 Å². The lowest BCUT2D eigenvalue weighted by molar-refractivity contribution is 0.254. The third-order valence-electron chi connectivity index (χ3n) is 5.37. The molecule has 1 fully saturated rings. The average Bonchev–Trinajstić information content (AvgIpc) is 3.47. The minimum absolute atomic E-state index is 0.501. The molecule has 0 unspecified atom stereocenters. The Bertz CT molecular complexity index is 1000. The van der Waals surface area contributed by atoms with Crippen molar-refractivity contribution in [1.29, 1.82) is 0 Å². The highest BCUT2D eigenvalue weighted by molar-refractivity contribution is 5.60. The topological polar surface area (TPSA) is 89.4 Å². The van der Waals surface area contributed by atoms with Gasteiger partial charge in [0, 0.05) is 37.7 Å². The minimum Gasteiger partial charge on any atom is -0.493 e. The number of nitrogens with zero attached hydrogens (tertiary/aromatic N) is 5. The number of aryl methyl sites for hydroxylation is 1. The predicted octanol–water partition coefficient (Wildman–Crippen LogP) is 3.44. The van der Waals surface area contributed by atoms with Crippen molar-refractivity contribution in [2.45, 2.75) is 25.8 Å². The zero-order valence-corrected chi connectivity index (χ0v) is 18.8. The van der Waals surface area contributed by atoms with Crippen LogP contribution >= 0.6 is 0 Å². The summed E-state index contributed by atoms with van der Waals surface area (Å²) in [6.45, 7) is 4.73. The molecule has 9 nitrogen and oxygen atoms in total. The zero-order valence-electron chi connectivity index (χ0n) is 18.8. The van der Waals surface area contributed by atoms with E-state index in [1.54, 1.807) is 18.0 Å². The molecular formula is C23H31N7O2. The van der Waals surface area contributed by atoms with Crippen LogP contribution in [-0.2, 0) is 13.6 Å². The van der Waals surface area contributed by atoms with Gasteiger partial charge in [-0.1, -0.05) is 0 Å². The first-order valence-electron chi connectivity index (χ1n) is 11.1. The molecule has 4 rings (SSSR count). The van der Waals surface area contributed by atoms with E-state index in [-0.39, 0.29) is 0 Å². The summed E-state index contributed by atoms with van der Waals surface area (Å²) in [4.78, 5) is 11.4. The molecule has 32 heavy (non-hydrogen) atoms. The summed E-state index contributed by atoms with van der Waals surface area (Å²) in [5, 5.41) is 10.9. The lowest BCUT2D eigenvalue weighted by atomic mass is 10.2. The van der Waals surface area contributed by atoms with Gasteiger partial charge in [-0.2, -0.15) is 10.1 Å². The van der Waals surface area contributed by atoms with Crippen LogP contribution in [-0.4, -0.2) is 58.0 Å². The van der Waals surface area contributed by atoms with Crippen LogP contribution in [0, 0.1) is 0 Å². The third kappa shape index (κ3) is 6.10. The number of benzene rings is 1. The van der Waals surface area contributed by atoms with E-state index in [1.165, 1.54) is 25.9 Å². The summed E-state index contributed by atoms with van der Waals surface area (Å²) in [7, 11) is 3.55. The van der Waals surface area contributed by atoms with E-state index in [0.29, 0.717) is 30.6 Å². The fourth-order valence-corrected chi connectivity index (χ4v) is 3.73. The van der Waals surface area contributed by atoms with Crippen molar-refractivity contribution in [2.75, 3.05) is 44.0 Å². The number of ether oxygens (including phenoxy) is 2. The van der Waals surface area contributed by atoms with Gasteiger partial charge in [-0.25, -0.2) is 4.98 Å². The van der Waals surface area contributed by atoms with Gasteiger partial charge in [0.15, 0.2) is 11.5 Å². The molecule has 0 saturated carbocycles. The van der Waals surface area contributed by atoms with Crippen LogP contribution in [0.15, 0.2) is 42.7 Å². The summed E-state index contributed by atoms with van der Waals surface area (Å²) in [6.07, 6.45) is 7.25. The van der Waals surface area contributed by atoms with Gasteiger partial charge in [-0.05, 0) is 56.6 Å². The summed E-state index contributed by atoms with van der Waals surface area (Å²) in [5.41, 5.74) is 1.78. The first kappa shape index (κ1) is 21.9. The minimum atomic E-state index is 0.501. The molecule has 2 aromatic heterocycles. The van der Waals surface area contributed by atoms with E-state index >= 15 is 0 Å². The summed E-state index contributed by atoms with van der Waals surface area (Å²) < 4.78 is 13.3. The first-order valence-corrected chi connectivity index (χ1v) is 11.1. The number of aromatic nitrogens is 4. The monoisotopic (exact) mass is 437 g/mol. The van der Waals surface area contributed by atoms with Gasteiger partial charge in [-0.3, -0.25) is 4.68 Å². The normalized spacial score (nSPS) is 13.8. The molecular weight excluding hydrogens is 406 g/mol. The number of methoxy groups -OCH3 is 1. The maximum absolute atomic E-state index is 6.03. The van der Waals surface area contributed by atoms with Gasteiger partial charge in [0.1, 0.15) is 5.82 Å². The lowest BCUT2D eigenvalue weighted by Crippen LogP contribution is -2.21. The van der Waals surface area contributed by atoms with E-state index < -0.39 is 0 Å². The van der Waals surface area contributed by atoms with Gasteiger partial charge in [0.05, 0.1) is 26.0 Å². The molecule has 1 saturated heterocycles. The highest BCUT2D eigenvalue weighted by Crippen LogP contribution is 2.31. The van der Waals surface area contributed by atoms with Crippen LogP contribution in [0.5, 0.6) is 11.5 Å². The number of nitrogens with one attached hydrogen (secondary N) is 2. The van der Waals surface area contributed by atoms with Gasteiger partial charge in [-0.15, -0.1) is 0 Å². The van der Waals surface area contributed by atoms with Crippen LogP contribution in [0.1, 0.15) is 25.0 Å². The Kier molecular flexibility index (Phi) is 7.39. The second-order valence-electron chi connectivity index (χ2n) is 7.84. The second kappa shape index (κ2) is 10.8. The SMILES string of the molecule is COc1ccc(Nc2nccc(NCc3ccn(C)n3)n2)cc1OCCCN1CCCC1. The van der Waals surface area contributed by atoms with Crippen molar-refractivity contribution in [3.8, 4) is 11.5 Å². The van der Waals surface area contributed by atoms with E-state index in [9.17, 15) is 0 Å². The predicted molar refractivity (Wildman–Crippen MR) is 125 cm³/mol. The molecule has 0 atom stereocenters. The third-order valence-corrected chi connectivity index (χ3v) is 5.37. The fraction of sp³-hybridized carbons (Fsp3) is 0.435. The molecule has 0 amide bonds. The number of hydrogen-bond acceptors (Lipinski definition) is 8. The summed E-state index contributed by atoms with van der Waals surface area (Å²) >= 11 is 0. The Labute approximate surface area is 188 Å². The maximum Gasteiger partial charge on any atom is 0.229 e. The standard InChI is InChI=1S/C23H31N7O2/c1-29-14-9-19(28-29)17-25-22-8-10-24-23(27-22)26-18-6-7-20(31-2)21(16-18)32-15-5-13-30-11-3-4-12-30/h6-10,14,16H,3-5,11-13,15,17H2,1-2H3,(H2,24,25,26,27). The van der Waals surface area contributed by atoms with Crippen molar-refractivity contribution in [1.82, 2.24) is 24.6 Å². The Morgan fingerprint density at radius 2 is 1.97 bits per heavy atom. The second-order valence-corrected chi connectivity index (χ2v) is 7.84. The molecule has 0 spiro atoms. The van der Waals surface area contributed by atoms with Crippen molar-refractivity contribution in [3.63, 3.8) is 0 Å². The highest BCUT2D eigenvalue weighted by Gasteiger charge is 2.12. The Balaban J connectivity index is 1.34. The molecule has 1 aliphatic heterocycles. The molecule has 9 heteroatoms. The van der Waals surface area contributed by atoms with Gasteiger partial charge in [0.2, 0.25) is 5.95 Å². The smallest absolute Gasteiger partial charge is 0.229 e. The zero-order chi connectivity index (χ0) is 22.2. The molecule has 0 bridgehead atoms. The lowest BCUT2D eigenvalue weighted by Gasteiger charge is -2.16. The fourth-order valence-electron chi connectivity index (χ4n) is 3.73. The molecule has 3 aromatic rings. The maximum atomic E-state index is 6.03. The van der Waals surface area contributed by atoms with Crippen molar-refractivity contribution < 1.29 is 9.47 Å². The number of hydrogen-bond donors (Lipinski definition) is 2. The molecule has 2 N–H and O–H groups in total. The van der Waals surface area contributed by atoms with Crippen molar-refractivity contribution in [3.05, 3.63) is 48.4 Å².